The Morgan fingerprint density at radius 3 is 2.57 bits per heavy atom. The van der Waals surface area contributed by atoms with Gasteiger partial charge in [0, 0.05) is 24.5 Å². The van der Waals surface area contributed by atoms with Crippen LogP contribution in [0.1, 0.15) is 11.1 Å². The molecule has 112 valence electrons. The summed E-state index contributed by atoms with van der Waals surface area (Å²) in [6.45, 7) is 2.93. The first-order valence-electron chi connectivity index (χ1n) is 7.72. The number of pyridine rings is 1. The molecule has 23 heavy (non-hydrogen) atoms. The van der Waals surface area contributed by atoms with Gasteiger partial charge in [0.25, 0.3) is 0 Å². The number of nitrogens with zero attached hydrogens (tertiary/aromatic N) is 3. The third-order valence-electron chi connectivity index (χ3n) is 4.02. The minimum absolute atomic E-state index is 0.805. The molecule has 0 fully saturated rings. The third kappa shape index (κ3) is 2.61. The lowest BCUT2D eigenvalue weighted by Gasteiger charge is -2.10. The van der Waals surface area contributed by atoms with Crippen LogP contribution < -0.4 is 0 Å². The zero-order valence-corrected chi connectivity index (χ0v) is 13.0. The van der Waals surface area contributed by atoms with Crippen molar-refractivity contribution in [2.75, 3.05) is 0 Å². The standard InChI is InChI=1S/C20H17N3/c1-15-5-4-6-16(13-15)14-23-19-8-3-2-7-18(19)22-20(23)17-9-11-21-12-10-17/h2-13H,14H2,1H3. The number of fused-ring (bicyclic) bond motifs is 1. The molecule has 0 saturated heterocycles. The summed E-state index contributed by atoms with van der Waals surface area (Å²) in [7, 11) is 0. The minimum atomic E-state index is 0.805. The van der Waals surface area contributed by atoms with E-state index in [0.717, 1.165) is 29.0 Å². The van der Waals surface area contributed by atoms with Crippen LogP contribution in [-0.4, -0.2) is 14.5 Å². The van der Waals surface area contributed by atoms with Gasteiger partial charge in [-0.1, -0.05) is 42.0 Å². The van der Waals surface area contributed by atoms with Gasteiger partial charge in [-0.3, -0.25) is 4.98 Å². The van der Waals surface area contributed by atoms with Gasteiger partial charge in [-0.25, -0.2) is 4.98 Å². The van der Waals surface area contributed by atoms with Crippen LogP contribution in [-0.2, 0) is 6.54 Å². The highest BCUT2D eigenvalue weighted by Gasteiger charge is 2.12. The number of hydrogen-bond acceptors (Lipinski definition) is 2. The van der Waals surface area contributed by atoms with E-state index in [1.807, 2.05) is 30.6 Å². The van der Waals surface area contributed by atoms with Crippen molar-refractivity contribution in [1.29, 1.82) is 0 Å². The van der Waals surface area contributed by atoms with E-state index < -0.39 is 0 Å². The molecule has 3 heteroatoms. The first kappa shape index (κ1) is 13.7. The monoisotopic (exact) mass is 299 g/mol. The molecular formula is C20H17N3. The molecule has 0 aliphatic carbocycles. The summed E-state index contributed by atoms with van der Waals surface area (Å²) in [5, 5.41) is 0. The van der Waals surface area contributed by atoms with Crippen molar-refractivity contribution in [1.82, 2.24) is 14.5 Å². The van der Waals surface area contributed by atoms with Gasteiger partial charge in [0.15, 0.2) is 0 Å². The smallest absolute Gasteiger partial charge is 0.141 e. The fourth-order valence-electron chi connectivity index (χ4n) is 2.95. The molecule has 2 aromatic carbocycles. The molecule has 0 aliphatic heterocycles. The maximum Gasteiger partial charge on any atom is 0.141 e. The van der Waals surface area contributed by atoms with Crippen molar-refractivity contribution in [3.8, 4) is 11.4 Å². The number of aryl methyl sites for hydroxylation is 1. The second kappa shape index (κ2) is 5.69. The van der Waals surface area contributed by atoms with E-state index in [4.69, 9.17) is 4.98 Å². The first-order valence-corrected chi connectivity index (χ1v) is 7.72. The van der Waals surface area contributed by atoms with E-state index in [1.165, 1.54) is 11.1 Å². The Hall–Kier alpha value is -2.94. The van der Waals surface area contributed by atoms with Crippen molar-refractivity contribution < 1.29 is 0 Å². The number of imidazole rings is 1. The third-order valence-corrected chi connectivity index (χ3v) is 4.02. The van der Waals surface area contributed by atoms with Crippen LogP contribution in [0.3, 0.4) is 0 Å². The van der Waals surface area contributed by atoms with Crippen LogP contribution in [0.25, 0.3) is 22.4 Å². The summed E-state index contributed by atoms with van der Waals surface area (Å²) >= 11 is 0. The number of para-hydroxylation sites is 2. The number of benzene rings is 2. The van der Waals surface area contributed by atoms with Crippen molar-refractivity contribution in [3.05, 3.63) is 84.2 Å². The Labute approximate surface area is 135 Å². The van der Waals surface area contributed by atoms with E-state index in [-0.39, 0.29) is 0 Å². The average molecular weight is 299 g/mol. The molecule has 0 unspecified atom stereocenters. The van der Waals surface area contributed by atoms with Gasteiger partial charge in [0.2, 0.25) is 0 Å². The van der Waals surface area contributed by atoms with Crippen LogP contribution in [0.4, 0.5) is 0 Å². The zero-order chi connectivity index (χ0) is 15.6. The van der Waals surface area contributed by atoms with Crippen molar-refractivity contribution in [2.24, 2.45) is 0 Å². The molecule has 2 aromatic heterocycles. The Morgan fingerprint density at radius 1 is 0.913 bits per heavy atom. The number of aromatic nitrogens is 3. The highest BCUT2D eigenvalue weighted by Crippen LogP contribution is 2.25. The molecule has 0 bridgehead atoms. The largest absolute Gasteiger partial charge is 0.319 e. The van der Waals surface area contributed by atoms with E-state index in [2.05, 4.69) is 58.9 Å². The van der Waals surface area contributed by atoms with Crippen LogP contribution in [0.15, 0.2) is 73.1 Å². The molecule has 0 radical (unpaired) electrons. The summed E-state index contributed by atoms with van der Waals surface area (Å²) in [4.78, 5) is 8.95. The second-order valence-electron chi connectivity index (χ2n) is 5.74. The summed E-state index contributed by atoms with van der Waals surface area (Å²) in [6.07, 6.45) is 3.62. The molecule has 0 N–H and O–H groups in total. The van der Waals surface area contributed by atoms with E-state index in [9.17, 15) is 0 Å². The molecule has 2 heterocycles. The molecule has 0 saturated carbocycles. The van der Waals surface area contributed by atoms with E-state index >= 15 is 0 Å². The van der Waals surface area contributed by atoms with Crippen LogP contribution >= 0.6 is 0 Å². The Morgan fingerprint density at radius 2 is 1.74 bits per heavy atom. The first-order chi connectivity index (χ1) is 11.3. The van der Waals surface area contributed by atoms with Crippen molar-refractivity contribution >= 4 is 11.0 Å². The second-order valence-corrected chi connectivity index (χ2v) is 5.74. The molecular weight excluding hydrogens is 282 g/mol. The van der Waals surface area contributed by atoms with Gasteiger partial charge in [-0.15, -0.1) is 0 Å². The highest BCUT2D eigenvalue weighted by molar-refractivity contribution is 5.80. The molecule has 3 nitrogen and oxygen atoms in total. The number of rotatable bonds is 3. The zero-order valence-electron chi connectivity index (χ0n) is 13.0. The van der Waals surface area contributed by atoms with Crippen LogP contribution in [0.5, 0.6) is 0 Å². The molecule has 0 aliphatic rings. The summed E-state index contributed by atoms with van der Waals surface area (Å²) < 4.78 is 2.28. The lowest BCUT2D eigenvalue weighted by atomic mass is 10.1. The normalized spacial score (nSPS) is 11.0. The Balaban J connectivity index is 1.89. The number of hydrogen-bond donors (Lipinski definition) is 0. The summed E-state index contributed by atoms with van der Waals surface area (Å²) in [5.41, 5.74) is 5.82. The maximum atomic E-state index is 4.84. The molecule has 0 amide bonds. The summed E-state index contributed by atoms with van der Waals surface area (Å²) in [6, 6.07) is 20.9. The molecule has 4 aromatic rings. The fraction of sp³-hybridized carbons (Fsp3) is 0.100. The topological polar surface area (TPSA) is 30.7 Å². The van der Waals surface area contributed by atoms with Gasteiger partial charge in [0.1, 0.15) is 5.82 Å². The quantitative estimate of drug-likeness (QED) is 0.559. The predicted octanol–water partition coefficient (Wildman–Crippen LogP) is 4.46. The lowest BCUT2D eigenvalue weighted by Crippen LogP contribution is -2.02. The van der Waals surface area contributed by atoms with Gasteiger partial charge >= 0.3 is 0 Å². The SMILES string of the molecule is Cc1cccc(Cn2c(-c3ccncc3)nc3ccccc32)c1. The van der Waals surface area contributed by atoms with Gasteiger partial charge < -0.3 is 4.57 Å². The highest BCUT2D eigenvalue weighted by atomic mass is 15.1. The maximum absolute atomic E-state index is 4.84. The Bertz CT molecular complexity index is 955. The van der Waals surface area contributed by atoms with Crippen molar-refractivity contribution in [2.45, 2.75) is 13.5 Å². The molecule has 4 rings (SSSR count). The molecule has 0 atom stereocenters. The fourth-order valence-corrected chi connectivity index (χ4v) is 2.95. The Kier molecular flexibility index (Phi) is 3.39. The van der Waals surface area contributed by atoms with E-state index in [1.54, 1.807) is 0 Å². The minimum Gasteiger partial charge on any atom is -0.319 e. The predicted molar refractivity (Wildman–Crippen MR) is 93.2 cm³/mol. The van der Waals surface area contributed by atoms with Gasteiger partial charge in [0.05, 0.1) is 11.0 Å². The van der Waals surface area contributed by atoms with Gasteiger partial charge in [-0.05, 0) is 36.8 Å². The molecule has 0 spiro atoms. The van der Waals surface area contributed by atoms with Crippen molar-refractivity contribution in [3.63, 3.8) is 0 Å². The summed E-state index contributed by atoms with van der Waals surface area (Å²) in [5.74, 6) is 0.982. The van der Waals surface area contributed by atoms with Crippen LogP contribution in [0, 0.1) is 6.92 Å². The van der Waals surface area contributed by atoms with Crippen LogP contribution in [0.2, 0.25) is 0 Å². The average Bonchev–Trinajstić information content (AvgIpc) is 2.95. The van der Waals surface area contributed by atoms with Gasteiger partial charge in [-0.2, -0.15) is 0 Å². The van der Waals surface area contributed by atoms with E-state index in [0.29, 0.717) is 0 Å². The lowest BCUT2D eigenvalue weighted by molar-refractivity contribution is 0.833.